The van der Waals surface area contributed by atoms with Gasteiger partial charge < -0.3 is 15.0 Å². The maximum Gasteiger partial charge on any atom is 0.289 e. The Hall–Kier alpha value is -2.38. The second kappa shape index (κ2) is 8.47. The van der Waals surface area contributed by atoms with E-state index in [0.717, 1.165) is 28.6 Å². The number of methoxy groups -OCH3 is 1. The quantitative estimate of drug-likeness (QED) is 0.312. The molecule has 5 N–H and O–H groups in total. The highest BCUT2D eigenvalue weighted by atomic mass is 16.5. The second-order valence-corrected chi connectivity index (χ2v) is 5.60. The van der Waals surface area contributed by atoms with Crippen LogP contribution in [0.3, 0.4) is 0 Å². The molecular formula is C17H24N4O3. The Morgan fingerprint density at radius 1 is 1.38 bits per heavy atom. The third-order valence-corrected chi connectivity index (χ3v) is 3.97. The van der Waals surface area contributed by atoms with Crippen LogP contribution in [0.4, 0.5) is 0 Å². The summed E-state index contributed by atoms with van der Waals surface area (Å²) in [6.45, 7) is 2.30. The van der Waals surface area contributed by atoms with Gasteiger partial charge in [-0.25, -0.2) is 5.43 Å². The molecule has 0 aliphatic carbocycles. The van der Waals surface area contributed by atoms with E-state index in [9.17, 15) is 9.59 Å². The number of H-pyrrole nitrogens is 1. The number of amides is 1. The zero-order valence-corrected chi connectivity index (χ0v) is 14.0. The van der Waals surface area contributed by atoms with Gasteiger partial charge in [0.1, 0.15) is 5.75 Å². The summed E-state index contributed by atoms with van der Waals surface area (Å²) in [6, 6.07) is 5.15. The van der Waals surface area contributed by atoms with Crippen LogP contribution in [0, 0.1) is 0 Å². The molecule has 1 unspecified atom stereocenters. The average Bonchev–Trinajstić information content (AvgIpc) is 3.01. The van der Waals surface area contributed by atoms with Gasteiger partial charge in [-0.15, -0.1) is 0 Å². The lowest BCUT2D eigenvalue weighted by molar-refractivity contribution is -0.139. The molecule has 7 nitrogen and oxygen atoms in total. The SMILES string of the molecule is CCCC(NN)C(=O)C(=O)NCCc1c[nH]c2ccc(OC)cc12. The summed E-state index contributed by atoms with van der Waals surface area (Å²) < 4.78 is 5.24. The highest BCUT2D eigenvalue weighted by molar-refractivity contribution is 6.38. The third-order valence-electron chi connectivity index (χ3n) is 3.97. The predicted octanol–water partition coefficient (Wildman–Crippen LogP) is 1.04. The van der Waals surface area contributed by atoms with Crippen LogP contribution in [0.2, 0.25) is 0 Å². The molecule has 1 aromatic heterocycles. The van der Waals surface area contributed by atoms with Crippen molar-refractivity contribution in [1.82, 2.24) is 15.7 Å². The number of nitrogens with one attached hydrogen (secondary N) is 3. The Morgan fingerprint density at radius 2 is 2.17 bits per heavy atom. The monoisotopic (exact) mass is 332 g/mol. The molecule has 0 saturated heterocycles. The number of rotatable bonds is 9. The van der Waals surface area contributed by atoms with E-state index in [1.165, 1.54) is 0 Å². The molecule has 24 heavy (non-hydrogen) atoms. The number of carbonyl (C=O) groups excluding carboxylic acids is 2. The van der Waals surface area contributed by atoms with Crippen molar-refractivity contribution >= 4 is 22.6 Å². The van der Waals surface area contributed by atoms with Crippen LogP contribution in [-0.4, -0.2) is 36.4 Å². The average molecular weight is 332 g/mol. The molecule has 1 atom stereocenters. The van der Waals surface area contributed by atoms with Gasteiger partial charge in [-0.05, 0) is 36.6 Å². The number of Topliss-reactive ketones (excluding diaryl/α,β-unsaturated/α-hetero) is 1. The number of aromatic nitrogens is 1. The van der Waals surface area contributed by atoms with Crippen molar-refractivity contribution in [1.29, 1.82) is 0 Å². The maximum atomic E-state index is 12.0. The second-order valence-electron chi connectivity index (χ2n) is 5.60. The van der Waals surface area contributed by atoms with E-state index in [1.807, 2.05) is 31.3 Å². The zero-order valence-electron chi connectivity index (χ0n) is 14.0. The first-order valence-corrected chi connectivity index (χ1v) is 8.02. The highest BCUT2D eigenvalue weighted by Gasteiger charge is 2.23. The number of fused-ring (bicyclic) bond motifs is 1. The molecule has 0 bridgehead atoms. The normalized spacial score (nSPS) is 12.1. The summed E-state index contributed by atoms with van der Waals surface area (Å²) >= 11 is 0. The van der Waals surface area contributed by atoms with Gasteiger partial charge in [-0.1, -0.05) is 13.3 Å². The number of ether oxygens (including phenoxy) is 1. The lowest BCUT2D eigenvalue weighted by Crippen LogP contribution is -2.48. The minimum Gasteiger partial charge on any atom is -0.497 e. The molecule has 0 radical (unpaired) electrons. The van der Waals surface area contributed by atoms with E-state index >= 15 is 0 Å². The Bertz CT molecular complexity index is 711. The molecule has 2 rings (SSSR count). The van der Waals surface area contributed by atoms with Crippen LogP contribution in [0.25, 0.3) is 10.9 Å². The van der Waals surface area contributed by atoms with E-state index in [2.05, 4.69) is 15.7 Å². The Morgan fingerprint density at radius 3 is 2.83 bits per heavy atom. The van der Waals surface area contributed by atoms with Crippen molar-refractivity contribution in [3.63, 3.8) is 0 Å². The fraction of sp³-hybridized carbons (Fsp3) is 0.412. The van der Waals surface area contributed by atoms with Gasteiger partial charge in [0.05, 0.1) is 13.2 Å². The Labute approximate surface area is 140 Å². The van der Waals surface area contributed by atoms with Gasteiger partial charge >= 0.3 is 0 Å². The molecule has 0 fully saturated rings. The molecule has 1 amide bonds. The summed E-state index contributed by atoms with van der Waals surface area (Å²) in [5.41, 5.74) is 4.45. The first kappa shape index (κ1) is 18.0. The van der Waals surface area contributed by atoms with Gasteiger partial charge in [-0.2, -0.15) is 0 Å². The summed E-state index contributed by atoms with van der Waals surface area (Å²) in [5.74, 6) is 4.97. The summed E-state index contributed by atoms with van der Waals surface area (Å²) in [7, 11) is 1.62. The van der Waals surface area contributed by atoms with Crippen molar-refractivity contribution < 1.29 is 14.3 Å². The molecule has 0 spiro atoms. The van der Waals surface area contributed by atoms with Crippen molar-refractivity contribution in [3.05, 3.63) is 30.0 Å². The molecule has 2 aromatic rings. The number of nitrogens with two attached hydrogens (primary N) is 1. The number of hydrogen-bond acceptors (Lipinski definition) is 5. The largest absolute Gasteiger partial charge is 0.497 e. The zero-order chi connectivity index (χ0) is 17.5. The lowest BCUT2D eigenvalue weighted by Gasteiger charge is -2.13. The van der Waals surface area contributed by atoms with E-state index in [4.69, 9.17) is 10.6 Å². The van der Waals surface area contributed by atoms with Gasteiger partial charge in [0, 0.05) is 23.6 Å². The molecule has 130 valence electrons. The van der Waals surface area contributed by atoms with Crippen molar-refractivity contribution in [2.24, 2.45) is 5.84 Å². The number of aromatic amines is 1. The molecule has 0 saturated carbocycles. The molecule has 0 aliphatic rings. The first-order valence-electron chi connectivity index (χ1n) is 8.02. The summed E-state index contributed by atoms with van der Waals surface area (Å²) in [4.78, 5) is 27.1. The van der Waals surface area contributed by atoms with Crippen molar-refractivity contribution in [2.45, 2.75) is 32.2 Å². The molecule has 1 aromatic carbocycles. The predicted molar refractivity (Wildman–Crippen MR) is 92.6 cm³/mol. The van der Waals surface area contributed by atoms with Gasteiger partial charge in [0.2, 0.25) is 5.78 Å². The third kappa shape index (κ3) is 4.12. The van der Waals surface area contributed by atoms with Gasteiger partial charge in [0.15, 0.2) is 0 Å². The molecular weight excluding hydrogens is 308 g/mol. The van der Waals surface area contributed by atoms with E-state index in [0.29, 0.717) is 19.4 Å². The van der Waals surface area contributed by atoms with E-state index in [-0.39, 0.29) is 0 Å². The number of hydrazine groups is 1. The fourth-order valence-electron chi connectivity index (χ4n) is 2.63. The van der Waals surface area contributed by atoms with Crippen LogP contribution in [0.1, 0.15) is 25.3 Å². The van der Waals surface area contributed by atoms with E-state index < -0.39 is 17.7 Å². The van der Waals surface area contributed by atoms with Crippen LogP contribution >= 0.6 is 0 Å². The highest BCUT2D eigenvalue weighted by Crippen LogP contribution is 2.23. The number of carbonyl (C=O) groups is 2. The Balaban J connectivity index is 1.94. The first-order chi connectivity index (χ1) is 11.6. The van der Waals surface area contributed by atoms with E-state index in [1.54, 1.807) is 7.11 Å². The minimum atomic E-state index is -0.632. The molecule has 7 heteroatoms. The topological polar surface area (TPSA) is 109 Å². The Kier molecular flexibility index (Phi) is 6.34. The number of benzene rings is 1. The van der Waals surface area contributed by atoms with Crippen LogP contribution in [0.5, 0.6) is 5.75 Å². The van der Waals surface area contributed by atoms with Gasteiger partial charge in [-0.3, -0.25) is 15.4 Å². The van der Waals surface area contributed by atoms with Gasteiger partial charge in [0.25, 0.3) is 5.91 Å². The summed E-state index contributed by atoms with van der Waals surface area (Å²) in [6.07, 6.45) is 3.82. The van der Waals surface area contributed by atoms with Crippen LogP contribution < -0.4 is 21.3 Å². The number of ketones is 1. The van der Waals surface area contributed by atoms with Crippen LogP contribution in [-0.2, 0) is 16.0 Å². The van der Waals surface area contributed by atoms with Crippen molar-refractivity contribution in [3.8, 4) is 5.75 Å². The molecule has 1 heterocycles. The fourth-order valence-corrected chi connectivity index (χ4v) is 2.63. The summed E-state index contributed by atoms with van der Waals surface area (Å²) in [5, 5.41) is 3.70. The van der Waals surface area contributed by atoms with Crippen LogP contribution in [0.15, 0.2) is 24.4 Å². The standard InChI is InChI=1S/C17H24N4O3/c1-3-4-15(21-18)16(22)17(23)19-8-7-11-10-20-14-6-5-12(24-2)9-13(11)14/h5-6,9-10,15,20-21H,3-4,7-8,18H2,1-2H3,(H,19,23). The minimum absolute atomic E-state index is 0.373. The van der Waals surface area contributed by atoms with Crippen molar-refractivity contribution in [2.75, 3.05) is 13.7 Å². The number of hydrogen-bond donors (Lipinski definition) is 4. The lowest BCUT2D eigenvalue weighted by atomic mass is 10.1. The maximum absolute atomic E-state index is 12.0. The smallest absolute Gasteiger partial charge is 0.289 e. The molecule has 0 aliphatic heterocycles.